The first-order valence-electron chi connectivity index (χ1n) is 7.61. The van der Waals surface area contributed by atoms with Crippen molar-refractivity contribution in [2.75, 3.05) is 5.73 Å². The molecular weight excluding hydrogens is 262 g/mol. The Bertz CT molecular complexity index is 667. The summed E-state index contributed by atoms with van der Waals surface area (Å²) in [6, 6.07) is 5.93. The van der Waals surface area contributed by atoms with Gasteiger partial charge in [-0.25, -0.2) is 0 Å². The molecule has 1 heterocycles. The van der Waals surface area contributed by atoms with Crippen molar-refractivity contribution >= 4 is 22.4 Å². The van der Waals surface area contributed by atoms with Crippen LogP contribution in [0.3, 0.4) is 0 Å². The SMILES string of the molecule is Cc1cnc(C(=O)NC2CCCCC2)c2cccc(N)c12. The fourth-order valence-corrected chi connectivity index (χ4v) is 3.18. The second kappa shape index (κ2) is 5.72. The van der Waals surface area contributed by atoms with Gasteiger partial charge in [0.25, 0.3) is 5.91 Å². The lowest BCUT2D eigenvalue weighted by molar-refractivity contribution is 0.0924. The van der Waals surface area contributed by atoms with Crippen LogP contribution in [0, 0.1) is 6.92 Å². The predicted octanol–water partition coefficient (Wildman–Crippen LogP) is 3.19. The second-order valence-electron chi connectivity index (χ2n) is 5.87. The van der Waals surface area contributed by atoms with Crippen LogP contribution in [-0.2, 0) is 0 Å². The van der Waals surface area contributed by atoms with Crippen LogP contribution < -0.4 is 11.1 Å². The third-order valence-corrected chi connectivity index (χ3v) is 4.29. The number of hydrogen-bond donors (Lipinski definition) is 2. The molecule has 4 nitrogen and oxygen atoms in total. The molecule has 0 radical (unpaired) electrons. The molecule has 1 aromatic carbocycles. The van der Waals surface area contributed by atoms with Crippen molar-refractivity contribution in [2.45, 2.75) is 45.1 Å². The number of nitrogens with two attached hydrogens (primary N) is 1. The number of carbonyl (C=O) groups excluding carboxylic acids is 1. The molecule has 1 fully saturated rings. The molecule has 1 amide bonds. The monoisotopic (exact) mass is 283 g/mol. The van der Waals surface area contributed by atoms with Gasteiger partial charge < -0.3 is 11.1 Å². The molecule has 0 atom stereocenters. The molecule has 0 aliphatic heterocycles. The van der Waals surface area contributed by atoms with Crippen molar-refractivity contribution in [1.29, 1.82) is 0 Å². The Hall–Kier alpha value is -2.10. The van der Waals surface area contributed by atoms with Gasteiger partial charge in [-0.3, -0.25) is 9.78 Å². The van der Waals surface area contributed by atoms with Crippen LogP contribution in [0.5, 0.6) is 0 Å². The Labute approximate surface area is 124 Å². The lowest BCUT2D eigenvalue weighted by Gasteiger charge is -2.23. The van der Waals surface area contributed by atoms with Crippen LogP contribution in [0.2, 0.25) is 0 Å². The number of fused-ring (bicyclic) bond motifs is 1. The van der Waals surface area contributed by atoms with E-state index in [1.54, 1.807) is 6.20 Å². The zero-order chi connectivity index (χ0) is 14.8. The number of nitrogen functional groups attached to an aromatic ring is 1. The lowest BCUT2D eigenvalue weighted by Crippen LogP contribution is -2.36. The number of nitrogens with zero attached hydrogens (tertiary/aromatic N) is 1. The fourth-order valence-electron chi connectivity index (χ4n) is 3.18. The number of rotatable bonds is 2. The van der Waals surface area contributed by atoms with E-state index < -0.39 is 0 Å². The van der Waals surface area contributed by atoms with Gasteiger partial charge >= 0.3 is 0 Å². The molecule has 0 bridgehead atoms. The molecule has 0 unspecified atom stereocenters. The summed E-state index contributed by atoms with van der Waals surface area (Å²) in [6.45, 7) is 1.97. The maximum Gasteiger partial charge on any atom is 0.270 e. The Morgan fingerprint density at radius 3 is 2.81 bits per heavy atom. The molecule has 21 heavy (non-hydrogen) atoms. The Kier molecular flexibility index (Phi) is 3.78. The van der Waals surface area contributed by atoms with Crippen molar-refractivity contribution in [2.24, 2.45) is 0 Å². The first kappa shape index (κ1) is 13.9. The van der Waals surface area contributed by atoms with Gasteiger partial charge in [-0.05, 0) is 31.4 Å². The molecule has 3 N–H and O–H groups in total. The van der Waals surface area contributed by atoms with Crippen molar-refractivity contribution in [3.8, 4) is 0 Å². The summed E-state index contributed by atoms with van der Waals surface area (Å²) in [5.74, 6) is -0.0856. The predicted molar refractivity (Wildman–Crippen MR) is 85.2 cm³/mol. The summed E-state index contributed by atoms with van der Waals surface area (Å²) in [6.07, 6.45) is 7.53. The van der Waals surface area contributed by atoms with Gasteiger partial charge in [-0.2, -0.15) is 0 Å². The highest BCUT2D eigenvalue weighted by Gasteiger charge is 2.19. The molecule has 0 saturated heterocycles. The van der Waals surface area contributed by atoms with E-state index in [0.29, 0.717) is 11.4 Å². The highest BCUT2D eigenvalue weighted by Crippen LogP contribution is 2.26. The molecule has 2 aromatic rings. The molecule has 0 spiro atoms. The Morgan fingerprint density at radius 1 is 1.29 bits per heavy atom. The average Bonchev–Trinajstić information content (AvgIpc) is 2.48. The lowest BCUT2D eigenvalue weighted by atomic mass is 9.95. The molecule has 110 valence electrons. The van der Waals surface area contributed by atoms with Crippen LogP contribution in [0.15, 0.2) is 24.4 Å². The van der Waals surface area contributed by atoms with Crippen molar-refractivity contribution < 1.29 is 4.79 Å². The summed E-state index contributed by atoms with van der Waals surface area (Å²) in [7, 11) is 0. The van der Waals surface area contributed by atoms with Crippen LogP contribution in [0.4, 0.5) is 5.69 Å². The molecule has 3 rings (SSSR count). The largest absolute Gasteiger partial charge is 0.398 e. The first-order valence-corrected chi connectivity index (χ1v) is 7.61. The van der Waals surface area contributed by atoms with Crippen LogP contribution in [-0.4, -0.2) is 16.9 Å². The first-order chi connectivity index (χ1) is 10.2. The minimum atomic E-state index is -0.0856. The number of benzene rings is 1. The van der Waals surface area contributed by atoms with Gasteiger partial charge in [0.2, 0.25) is 0 Å². The number of pyridine rings is 1. The normalized spacial score (nSPS) is 16.0. The van der Waals surface area contributed by atoms with E-state index >= 15 is 0 Å². The zero-order valence-corrected chi connectivity index (χ0v) is 12.4. The molecule has 1 aliphatic carbocycles. The molecule has 1 aliphatic rings. The summed E-state index contributed by atoms with van der Waals surface area (Å²) < 4.78 is 0. The number of hydrogen-bond acceptors (Lipinski definition) is 3. The van der Waals surface area contributed by atoms with E-state index in [-0.39, 0.29) is 11.9 Å². The van der Waals surface area contributed by atoms with Gasteiger partial charge in [-0.15, -0.1) is 0 Å². The highest BCUT2D eigenvalue weighted by atomic mass is 16.1. The summed E-state index contributed by atoms with van der Waals surface area (Å²) in [4.78, 5) is 16.9. The third-order valence-electron chi connectivity index (χ3n) is 4.29. The Balaban J connectivity index is 1.94. The average molecular weight is 283 g/mol. The van der Waals surface area contributed by atoms with Crippen LogP contribution in [0.25, 0.3) is 10.8 Å². The van der Waals surface area contributed by atoms with Gasteiger partial charge in [0.15, 0.2) is 0 Å². The number of nitrogens with one attached hydrogen (secondary N) is 1. The van der Waals surface area contributed by atoms with Crippen LogP contribution in [0.1, 0.15) is 48.2 Å². The van der Waals surface area contributed by atoms with Gasteiger partial charge in [0, 0.05) is 28.7 Å². The number of carbonyl (C=O) groups is 1. The molecular formula is C17H21N3O. The van der Waals surface area contributed by atoms with Gasteiger partial charge in [0.05, 0.1) is 0 Å². The second-order valence-corrected chi connectivity index (χ2v) is 5.87. The fraction of sp³-hybridized carbons (Fsp3) is 0.412. The van der Waals surface area contributed by atoms with Crippen molar-refractivity contribution in [3.05, 3.63) is 35.7 Å². The number of amides is 1. The standard InChI is InChI=1S/C17H21N3O/c1-11-10-19-16(13-8-5-9-14(18)15(11)13)17(21)20-12-6-3-2-4-7-12/h5,8-10,12H,2-4,6-7,18H2,1H3,(H,20,21). The van der Waals surface area contributed by atoms with E-state index in [0.717, 1.165) is 29.2 Å². The smallest absolute Gasteiger partial charge is 0.270 e. The third kappa shape index (κ3) is 2.71. The van der Waals surface area contributed by atoms with Gasteiger partial charge in [-0.1, -0.05) is 31.4 Å². The Morgan fingerprint density at radius 2 is 2.05 bits per heavy atom. The number of aromatic nitrogens is 1. The molecule has 1 saturated carbocycles. The maximum absolute atomic E-state index is 12.5. The van der Waals surface area contributed by atoms with E-state index in [2.05, 4.69) is 10.3 Å². The molecule has 1 aromatic heterocycles. The minimum Gasteiger partial charge on any atom is -0.398 e. The summed E-state index contributed by atoms with van der Waals surface area (Å²) in [5, 5.41) is 4.89. The van der Waals surface area contributed by atoms with E-state index in [4.69, 9.17) is 5.73 Å². The topological polar surface area (TPSA) is 68.0 Å². The van der Waals surface area contributed by atoms with Crippen LogP contribution >= 0.6 is 0 Å². The van der Waals surface area contributed by atoms with Crippen molar-refractivity contribution in [3.63, 3.8) is 0 Å². The maximum atomic E-state index is 12.5. The number of aryl methyl sites for hydroxylation is 1. The molecule has 4 heteroatoms. The van der Waals surface area contributed by atoms with E-state index in [1.807, 2.05) is 25.1 Å². The van der Waals surface area contributed by atoms with Gasteiger partial charge in [0.1, 0.15) is 5.69 Å². The number of anilines is 1. The highest BCUT2D eigenvalue weighted by molar-refractivity contribution is 6.09. The van der Waals surface area contributed by atoms with E-state index in [1.165, 1.54) is 19.3 Å². The van der Waals surface area contributed by atoms with E-state index in [9.17, 15) is 4.79 Å². The quantitative estimate of drug-likeness (QED) is 0.832. The minimum absolute atomic E-state index is 0.0856. The summed E-state index contributed by atoms with van der Waals surface area (Å²) >= 11 is 0. The van der Waals surface area contributed by atoms with Crippen molar-refractivity contribution in [1.82, 2.24) is 10.3 Å². The zero-order valence-electron chi connectivity index (χ0n) is 12.4. The summed E-state index contributed by atoms with van der Waals surface area (Å²) in [5.41, 5.74) is 8.22.